The van der Waals surface area contributed by atoms with E-state index in [0.29, 0.717) is 18.7 Å². The molecule has 1 rings (SSSR count). The average molecular weight is 253 g/mol. The van der Waals surface area contributed by atoms with Gasteiger partial charge in [-0.15, -0.1) is 0 Å². The van der Waals surface area contributed by atoms with Gasteiger partial charge in [0, 0.05) is 26.2 Å². The van der Waals surface area contributed by atoms with Gasteiger partial charge in [0.05, 0.1) is 5.69 Å². The van der Waals surface area contributed by atoms with Crippen LogP contribution in [0.25, 0.3) is 0 Å². The fourth-order valence-electron chi connectivity index (χ4n) is 1.88. The molecule has 0 fully saturated rings. The van der Waals surface area contributed by atoms with Crippen molar-refractivity contribution in [1.82, 2.24) is 14.7 Å². The quantitative estimate of drug-likeness (QED) is 0.829. The molecule has 0 aliphatic rings. The van der Waals surface area contributed by atoms with E-state index in [2.05, 4.69) is 5.10 Å². The molecule has 0 bridgehead atoms. The van der Waals surface area contributed by atoms with Crippen LogP contribution < -0.4 is 0 Å². The van der Waals surface area contributed by atoms with E-state index < -0.39 is 0 Å². The van der Waals surface area contributed by atoms with Crippen LogP contribution in [-0.4, -0.2) is 44.9 Å². The van der Waals surface area contributed by atoms with Crippen LogP contribution in [0.15, 0.2) is 6.07 Å². The van der Waals surface area contributed by atoms with Crippen LogP contribution in [-0.2, 0) is 13.5 Å². The Morgan fingerprint density at radius 1 is 1.56 bits per heavy atom. The van der Waals surface area contributed by atoms with Crippen LogP contribution in [0.1, 0.15) is 43.4 Å². The first kappa shape index (κ1) is 14.7. The van der Waals surface area contributed by atoms with Gasteiger partial charge >= 0.3 is 0 Å². The lowest BCUT2D eigenvalue weighted by atomic mass is 10.2. The van der Waals surface area contributed by atoms with E-state index in [1.165, 1.54) is 0 Å². The fourth-order valence-corrected chi connectivity index (χ4v) is 1.88. The molecule has 1 N–H and O–H groups in total. The number of aromatic nitrogens is 2. The van der Waals surface area contributed by atoms with Gasteiger partial charge in [0.15, 0.2) is 0 Å². The van der Waals surface area contributed by atoms with Crippen molar-refractivity contribution in [3.63, 3.8) is 0 Å². The number of hydrogen-bond donors (Lipinski definition) is 1. The Kier molecular flexibility index (Phi) is 5.34. The summed E-state index contributed by atoms with van der Waals surface area (Å²) in [6.07, 6.45) is 1.42. The highest BCUT2D eigenvalue weighted by Gasteiger charge is 2.21. The fraction of sp³-hybridized carbons (Fsp3) is 0.692. The largest absolute Gasteiger partial charge is 0.396 e. The lowest BCUT2D eigenvalue weighted by Crippen LogP contribution is -2.39. The van der Waals surface area contributed by atoms with E-state index >= 15 is 0 Å². The first-order valence-electron chi connectivity index (χ1n) is 6.46. The van der Waals surface area contributed by atoms with Gasteiger partial charge in [0.1, 0.15) is 5.69 Å². The van der Waals surface area contributed by atoms with Gasteiger partial charge < -0.3 is 10.0 Å². The molecule has 1 aromatic heterocycles. The van der Waals surface area contributed by atoms with Crippen molar-refractivity contribution in [2.24, 2.45) is 7.05 Å². The van der Waals surface area contributed by atoms with Gasteiger partial charge in [-0.2, -0.15) is 5.10 Å². The predicted molar refractivity (Wildman–Crippen MR) is 70.5 cm³/mol. The summed E-state index contributed by atoms with van der Waals surface area (Å²) in [5.74, 6) is -0.0202. The summed E-state index contributed by atoms with van der Waals surface area (Å²) < 4.78 is 1.63. The summed E-state index contributed by atoms with van der Waals surface area (Å²) in [6, 6.07) is 1.96. The molecule has 0 aromatic carbocycles. The molecule has 1 heterocycles. The number of carbonyl (C=O) groups is 1. The minimum atomic E-state index is -0.0202. The highest BCUT2D eigenvalue weighted by atomic mass is 16.3. The number of rotatable bonds is 6. The second-order valence-corrected chi connectivity index (χ2v) is 4.67. The summed E-state index contributed by atoms with van der Waals surface area (Å²) >= 11 is 0. The average Bonchev–Trinajstić information content (AvgIpc) is 2.70. The highest BCUT2D eigenvalue weighted by Crippen LogP contribution is 2.11. The predicted octanol–water partition coefficient (Wildman–Crippen LogP) is 1.22. The van der Waals surface area contributed by atoms with E-state index in [1.54, 1.807) is 16.6 Å². The van der Waals surface area contributed by atoms with Gasteiger partial charge in [0.2, 0.25) is 0 Å². The van der Waals surface area contributed by atoms with Crippen LogP contribution >= 0.6 is 0 Å². The van der Waals surface area contributed by atoms with E-state index in [9.17, 15) is 4.79 Å². The Morgan fingerprint density at radius 2 is 2.22 bits per heavy atom. The van der Waals surface area contributed by atoms with Gasteiger partial charge in [-0.1, -0.05) is 6.92 Å². The maximum Gasteiger partial charge on any atom is 0.272 e. The van der Waals surface area contributed by atoms with Crippen molar-refractivity contribution in [2.75, 3.05) is 13.2 Å². The van der Waals surface area contributed by atoms with E-state index in [-0.39, 0.29) is 18.6 Å². The molecule has 5 nitrogen and oxygen atoms in total. The third kappa shape index (κ3) is 3.32. The molecule has 18 heavy (non-hydrogen) atoms. The van der Waals surface area contributed by atoms with Crippen molar-refractivity contribution in [1.29, 1.82) is 0 Å². The van der Waals surface area contributed by atoms with Crippen LogP contribution in [0.5, 0.6) is 0 Å². The van der Waals surface area contributed by atoms with Crippen molar-refractivity contribution in [3.8, 4) is 0 Å². The van der Waals surface area contributed by atoms with Crippen molar-refractivity contribution < 1.29 is 9.90 Å². The second-order valence-electron chi connectivity index (χ2n) is 4.67. The molecule has 0 saturated carbocycles. The van der Waals surface area contributed by atoms with Crippen molar-refractivity contribution >= 4 is 5.91 Å². The minimum absolute atomic E-state index is 0.0202. The maximum atomic E-state index is 12.4. The summed E-state index contributed by atoms with van der Waals surface area (Å²) in [5, 5.41) is 13.2. The van der Waals surface area contributed by atoms with Crippen LogP contribution in [0.2, 0.25) is 0 Å². The molecule has 0 radical (unpaired) electrons. The van der Waals surface area contributed by atoms with Gasteiger partial charge in [0.25, 0.3) is 5.91 Å². The number of aliphatic hydroxyl groups is 1. The SMILES string of the molecule is CCc1cc(C(=O)N(CCCO)C(C)C)n(C)n1. The number of aryl methyl sites for hydroxylation is 2. The monoisotopic (exact) mass is 253 g/mol. The van der Waals surface area contributed by atoms with E-state index in [4.69, 9.17) is 5.11 Å². The second kappa shape index (κ2) is 6.54. The Balaban J connectivity index is 2.90. The molecular weight excluding hydrogens is 230 g/mol. The van der Waals surface area contributed by atoms with Crippen LogP contribution in [0.3, 0.4) is 0 Å². The smallest absolute Gasteiger partial charge is 0.272 e. The molecule has 0 atom stereocenters. The normalized spacial score (nSPS) is 11.0. The number of aliphatic hydroxyl groups excluding tert-OH is 1. The Morgan fingerprint density at radius 3 is 2.67 bits per heavy atom. The minimum Gasteiger partial charge on any atom is -0.396 e. The summed E-state index contributed by atoms with van der Waals surface area (Å²) in [4.78, 5) is 14.2. The lowest BCUT2D eigenvalue weighted by molar-refractivity contribution is 0.0682. The van der Waals surface area contributed by atoms with Crippen LogP contribution in [0, 0.1) is 0 Å². The van der Waals surface area contributed by atoms with E-state index in [1.807, 2.05) is 26.8 Å². The summed E-state index contributed by atoms with van der Waals surface area (Å²) in [7, 11) is 1.79. The zero-order chi connectivity index (χ0) is 13.7. The van der Waals surface area contributed by atoms with Gasteiger partial charge in [-0.3, -0.25) is 9.48 Å². The van der Waals surface area contributed by atoms with E-state index in [0.717, 1.165) is 12.1 Å². The Bertz CT molecular complexity index is 399. The number of nitrogens with zero attached hydrogens (tertiary/aromatic N) is 3. The Hall–Kier alpha value is -1.36. The topological polar surface area (TPSA) is 58.4 Å². The van der Waals surface area contributed by atoms with Gasteiger partial charge in [-0.25, -0.2) is 0 Å². The third-order valence-electron chi connectivity index (χ3n) is 2.95. The number of hydrogen-bond acceptors (Lipinski definition) is 3. The first-order valence-corrected chi connectivity index (χ1v) is 6.46. The first-order chi connectivity index (χ1) is 8.51. The summed E-state index contributed by atoms with van der Waals surface area (Å²) in [5.41, 5.74) is 1.53. The van der Waals surface area contributed by atoms with Gasteiger partial charge in [-0.05, 0) is 32.8 Å². The Labute approximate surface area is 108 Å². The molecule has 1 aromatic rings. The third-order valence-corrected chi connectivity index (χ3v) is 2.95. The molecule has 0 aliphatic heterocycles. The number of amides is 1. The molecule has 102 valence electrons. The lowest BCUT2D eigenvalue weighted by Gasteiger charge is -2.26. The van der Waals surface area contributed by atoms with Crippen molar-refractivity contribution in [2.45, 2.75) is 39.7 Å². The standard InChI is InChI=1S/C13H23N3O2/c1-5-11-9-12(15(4)14-11)13(18)16(10(2)3)7-6-8-17/h9-10,17H,5-8H2,1-4H3. The molecule has 0 aliphatic carbocycles. The molecule has 0 spiro atoms. The van der Waals surface area contributed by atoms with Crippen LogP contribution in [0.4, 0.5) is 0 Å². The molecule has 0 saturated heterocycles. The number of carbonyl (C=O) groups excluding carboxylic acids is 1. The zero-order valence-electron chi connectivity index (χ0n) is 11.7. The molecule has 0 unspecified atom stereocenters. The maximum absolute atomic E-state index is 12.4. The molecular formula is C13H23N3O2. The molecule has 1 amide bonds. The highest BCUT2D eigenvalue weighted by molar-refractivity contribution is 5.92. The zero-order valence-corrected chi connectivity index (χ0v) is 11.7. The summed E-state index contributed by atoms with van der Waals surface area (Å²) in [6.45, 7) is 6.64. The molecule has 5 heteroatoms. The van der Waals surface area contributed by atoms with Crippen molar-refractivity contribution in [3.05, 3.63) is 17.5 Å².